The molecule has 0 unspecified atom stereocenters. The summed E-state index contributed by atoms with van der Waals surface area (Å²) >= 11 is 0. The molecule has 1 aliphatic heterocycles. The molecule has 0 radical (unpaired) electrons. The number of nitrogens with zero attached hydrogens (tertiary/aromatic N) is 2. The van der Waals surface area contributed by atoms with Crippen molar-refractivity contribution in [2.75, 3.05) is 31.5 Å². The largest absolute Gasteiger partial charge is 0.369 e. The van der Waals surface area contributed by atoms with E-state index in [2.05, 4.69) is 21.9 Å². The quantitative estimate of drug-likeness (QED) is 0.785. The maximum absolute atomic E-state index is 12.3. The molecule has 2 heterocycles. The van der Waals surface area contributed by atoms with Crippen LogP contribution in [0.4, 0.5) is 5.82 Å². The second-order valence-corrected chi connectivity index (χ2v) is 8.08. The fraction of sp³-hybridized carbons (Fsp3) is 0.471. The minimum absolute atomic E-state index is 0.335. The number of hydrogen-bond acceptors (Lipinski definition) is 4. The van der Waals surface area contributed by atoms with Crippen LogP contribution in [0.15, 0.2) is 36.4 Å². The predicted molar refractivity (Wildman–Crippen MR) is 97.1 cm³/mol. The van der Waals surface area contributed by atoms with Crippen LogP contribution in [0.2, 0.25) is 0 Å². The summed E-state index contributed by atoms with van der Waals surface area (Å²) in [6, 6.07) is 11.8. The standard InChI is InChI=1S/C17H24N4O2S/c1-14-5-4-12-21(13-14)24(22,23)19-11-10-18-17-9-8-15-6-2-3-7-16(15)20-17/h2-3,6-9,14,19H,4-5,10-13H2,1H3,(H,18,20)/t14-/m0/s1. The van der Waals surface area contributed by atoms with Gasteiger partial charge >= 0.3 is 0 Å². The Morgan fingerprint density at radius 3 is 2.88 bits per heavy atom. The smallest absolute Gasteiger partial charge is 0.279 e. The van der Waals surface area contributed by atoms with Gasteiger partial charge in [0, 0.05) is 31.6 Å². The Morgan fingerprint density at radius 2 is 2.04 bits per heavy atom. The number of pyridine rings is 1. The maximum Gasteiger partial charge on any atom is 0.279 e. The molecule has 1 aromatic carbocycles. The molecule has 130 valence electrons. The van der Waals surface area contributed by atoms with Crippen molar-refractivity contribution in [3.63, 3.8) is 0 Å². The van der Waals surface area contributed by atoms with Gasteiger partial charge in [0.25, 0.3) is 10.2 Å². The van der Waals surface area contributed by atoms with Crippen LogP contribution in [0.3, 0.4) is 0 Å². The monoisotopic (exact) mass is 348 g/mol. The third-order valence-corrected chi connectivity index (χ3v) is 5.85. The normalized spacial score (nSPS) is 19.5. The van der Waals surface area contributed by atoms with E-state index in [1.54, 1.807) is 4.31 Å². The summed E-state index contributed by atoms with van der Waals surface area (Å²) in [6.07, 6.45) is 2.03. The number of rotatable bonds is 6. The molecule has 1 aliphatic rings. The lowest BCUT2D eigenvalue weighted by Crippen LogP contribution is -2.46. The van der Waals surface area contributed by atoms with Crippen LogP contribution in [-0.2, 0) is 10.2 Å². The Kier molecular flexibility index (Phi) is 5.33. The van der Waals surface area contributed by atoms with E-state index in [0.717, 1.165) is 29.6 Å². The van der Waals surface area contributed by atoms with Crippen LogP contribution in [-0.4, -0.2) is 43.9 Å². The van der Waals surface area contributed by atoms with Crippen LogP contribution in [0, 0.1) is 5.92 Å². The molecule has 1 atom stereocenters. The third kappa shape index (κ3) is 4.23. The van der Waals surface area contributed by atoms with Crippen molar-refractivity contribution >= 4 is 26.9 Å². The van der Waals surface area contributed by atoms with Gasteiger partial charge in [0.15, 0.2) is 0 Å². The second-order valence-electron chi connectivity index (χ2n) is 6.32. The van der Waals surface area contributed by atoms with Crippen molar-refractivity contribution in [3.05, 3.63) is 36.4 Å². The van der Waals surface area contributed by atoms with Crippen molar-refractivity contribution in [1.29, 1.82) is 0 Å². The first-order valence-corrected chi connectivity index (χ1v) is 9.83. The molecule has 2 N–H and O–H groups in total. The number of para-hydroxylation sites is 1. The first kappa shape index (κ1) is 17.1. The van der Waals surface area contributed by atoms with Crippen molar-refractivity contribution in [1.82, 2.24) is 14.0 Å². The first-order chi connectivity index (χ1) is 11.5. The van der Waals surface area contributed by atoms with Crippen molar-refractivity contribution in [2.45, 2.75) is 19.8 Å². The Hall–Kier alpha value is -1.70. The number of hydrogen-bond donors (Lipinski definition) is 2. The molecule has 6 nitrogen and oxygen atoms in total. The van der Waals surface area contributed by atoms with Crippen LogP contribution < -0.4 is 10.0 Å². The van der Waals surface area contributed by atoms with Crippen LogP contribution >= 0.6 is 0 Å². The summed E-state index contributed by atoms with van der Waals surface area (Å²) in [4.78, 5) is 4.51. The molecule has 0 aliphatic carbocycles. The fourth-order valence-corrected chi connectivity index (χ4v) is 4.35. The predicted octanol–water partition coefficient (Wildman–Crippen LogP) is 2.21. The Balaban J connectivity index is 1.50. The van der Waals surface area contributed by atoms with E-state index in [4.69, 9.17) is 0 Å². The molecular formula is C17H24N4O2S. The van der Waals surface area contributed by atoms with E-state index in [-0.39, 0.29) is 0 Å². The molecule has 1 aromatic heterocycles. The van der Waals surface area contributed by atoms with Gasteiger partial charge in [-0.15, -0.1) is 0 Å². The van der Waals surface area contributed by atoms with Crippen molar-refractivity contribution in [3.8, 4) is 0 Å². The van der Waals surface area contributed by atoms with E-state index >= 15 is 0 Å². The van der Waals surface area contributed by atoms with Gasteiger partial charge in [-0.25, -0.2) is 9.71 Å². The number of benzene rings is 1. The van der Waals surface area contributed by atoms with Gasteiger partial charge in [0.05, 0.1) is 5.52 Å². The maximum atomic E-state index is 12.3. The van der Waals surface area contributed by atoms with Gasteiger partial charge < -0.3 is 5.32 Å². The number of fused-ring (bicyclic) bond motifs is 1. The fourth-order valence-electron chi connectivity index (χ4n) is 2.99. The second kappa shape index (κ2) is 7.46. The molecule has 7 heteroatoms. The van der Waals surface area contributed by atoms with Crippen LogP contribution in [0.5, 0.6) is 0 Å². The molecule has 3 rings (SSSR count). The van der Waals surface area contributed by atoms with E-state index in [0.29, 0.717) is 32.1 Å². The number of piperidine rings is 1. The summed E-state index contributed by atoms with van der Waals surface area (Å²) in [7, 11) is -3.38. The molecule has 0 bridgehead atoms. The summed E-state index contributed by atoms with van der Waals surface area (Å²) in [5.74, 6) is 1.18. The zero-order valence-corrected chi connectivity index (χ0v) is 14.7. The lowest BCUT2D eigenvalue weighted by atomic mass is 10.0. The minimum Gasteiger partial charge on any atom is -0.369 e. The molecular weight excluding hydrogens is 324 g/mol. The lowest BCUT2D eigenvalue weighted by Gasteiger charge is -2.29. The summed E-state index contributed by atoms with van der Waals surface area (Å²) in [6.45, 7) is 4.14. The van der Waals surface area contributed by atoms with E-state index in [1.165, 1.54) is 0 Å². The zero-order valence-electron chi connectivity index (χ0n) is 13.9. The number of anilines is 1. The van der Waals surface area contributed by atoms with Gasteiger partial charge in [-0.05, 0) is 37.0 Å². The Bertz CT molecular complexity index is 794. The van der Waals surface area contributed by atoms with Gasteiger partial charge in [-0.1, -0.05) is 25.1 Å². The average molecular weight is 348 g/mol. The van der Waals surface area contributed by atoms with E-state index in [9.17, 15) is 8.42 Å². The minimum atomic E-state index is -3.38. The van der Waals surface area contributed by atoms with Crippen molar-refractivity contribution in [2.24, 2.45) is 5.92 Å². The first-order valence-electron chi connectivity index (χ1n) is 8.39. The Labute approximate surface area is 143 Å². The highest BCUT2D eigenvalue weighted by atomic mass is 32.2. The highest BCUT2D eigenvalue weighted by Gasteiger charge is 2.26. The summed E-state index contributed by atoms with van der Waals surface area (Å²) < 4.78 is 28.8. The van der Waals surface area contributed by atoms with Crippen LogP contribution in [0.25, 0.3) is 10.9 Å². The summed E-state index contributed by atoms with van der Waals surface area (Å²) in [5, 5.41) is 4.25. The molecule has 1 saturated heterocycles. The molecule has 0 amide bonds. The lowest BCUT2D eigenvalue weighted by molar-refractivity contribution is 0.278. The zero-order chi connectivity index (χ0) is 17.0. The molecule has 2 aromatic rings. The topological polar surface area (TPSA) is 74.3 Å². The molecule has 0 spiro atoms. The van der Waals surface area contributed by atoms with Gasteiger partial charge in [0.2, 0.25) is 0 Å². The summed E-state index contributed by atoms with van der Waals surface area (Å²) in [5.41, 5.74) is 0.922. The highest BCUT2D eigenvalue weighted by molar-refractivity contribution is 7.87. The third-order valence-electron chi connectivity index (χ3n) is 4.27. The Morgan fingerprint density at radius 1 is 1.21 bits per heavy atom. The van der Waals surface area contributed by atoms with E-state index < -0.39 is 10.2 Å². The SMILES string of the molecule is C[C@H]1CCCN(S(=O)(=O)NCCNc2ccc3ccccc3n2)C1. The molecule has 0 saturated carbocycles. The van der Waals surface area contributed by atoms with Gasteiger partial charge in [-0.2, -0.15) is 12.7 Å². The van der Waals surface area contributed by atoms with Crippen molar-refractivity contribution < 1.29 is 8.42 Å². The molecule has 24 heavy (non-hydrogen) atoms. The van der Waals surface area contributed by atoms with Crippen LogP contribution in [0.1, 0.15) is 19.8 Å². The van der Waals surface area contributed by atoms with Gasteiger partial charge in [-0.3, -0.25) is 0 Å². The van der Waals surface area contributed by atoms with E-state index in [1.807, 2.05) is 36.4 Å². The number of nitrogens with one attached hydrogen (secondary N) is 2. The highest BCUT2D eigenvalue weighted by Crippen LogP contribution is 2.17. The van der Waals surface area contributed by atoms with Gasteiger partial charge in [0.1, 0.15) is 5.82 Å². The number of aromatic nitrogens is 1. The average Bonchev–Trinajstić information content (AvgIpc) is 2.59. The molecule has 1 fully saturated rings.